The Labute approximate surface area is 253 Å². The molecule has 2 heterocycles. The summed E-state index contributed by atoms with van der Waals surface area (Å²) in [7, 11) is 6.49. The Morgan fingerprint density at radius 1 is 1.07 bits per heavy atom. The average Bonchev–Trinajstić information content (AvgIpc) is 3.17. The van der Waals surface area contributed by atoms with Gasteiger partial charge in [0.05, 0.1) is 34.5 Å². The number of carbonyl (C=O) groups excluding carboxylic acids is 2. The van der Waals surface area contributed by atoms with Gasteiger partial charge in [0.15, 0.2) is 0 Å². The number of urea groups is 1. The van der Waals surface area contributed by atoms with Gasteiger partial charge in [0.25, 0.3) is 5.91 Å². The van der Waals surface area contributed by atoms with Crippen molar-refractivity contribution in [2.24, 2.45) is 0 Å². The molecule has 0 radical (unpaired) electrons. The first-order valence-electron chi connectivity index (χ1n) is 13.9. The number of imide groups is 1. The maximum absolute atomic E-state index is 14.0. The molecule has 2 aliphatic heterocycles. The lowest BCUT2D eigenvalue weighted by Gasteiger charge is -2.42. The highest BCUT2D eigenvalue weighted by Crippen LogP contribution is 2.39. The standard InChI is InChI=1S/C29H42BrN3O6.C2H4/c1-7-11-33-28(35)32(20-23(21(2)30)17-24(37-4)8-14-36-3)27(34)29(33)9-12-31(13-10-29)19-22-15-25(38-5)18-26(16-22)39-6;1-2/h8,15-18,21H,7,9-14,19-20H2,1-6H3;1-2H2/b23-17-,24-8+;. The van der Waals surface area contributed by atoms with Crippen molar-refractivity contribution in [3.63, 3.8) is 0 Å². The molecule has 0 bridgehead atoms. The number of ether oxygens (including phenoxy) is 4. The van der Waals surface area contributed by atoms with Gasteiger partial charge in [-0.3, -0.25) is 14.6 Å². The number of alkyl halides is 1. The van der Waals surface area contributed by atoms with Crippen LogP contribution in [0.1, 0.15) is 38.7 Å². The Hall–Kier alpha value is -2.82. The van der Waals surface area contributed by atoms with Crippen LogP contribution < -0.4 is 9.47 Å². The van der Waals surface area contributed by atoms with Gasteiger partial charge in [0.2, 0.25) is 0 Å². The molecule has 41 heavy (non-hydrogen) atoms. The van der Waals surface area contributed by atoms with Crippen LogP contribution >= 0.6 is 15.9 Å². The highest BCUT2D eigenvalue weighted by atomic mass is 79.9. The average molecular weight is 637 g/mol. The molecule has 1 aromatic rings. The maximum Gasteiger partial charge on any atom is 0.327 e. The first-order valence-corrected chi connectivity index (χ1v) is 14.8. The van der Waals surface area contributed by atoms with Crippen LogP contribution in [0.15, 0.2) is 54.8 Å². The fraction of sp³-hybridized carbons (Fsp3) is 0.548. The zero-order valence-corrected chi connectivity index (χ0v) is 27.0. The van der Waals surface area contributed by atoms with Gasteiger partial charge in [0.1, 0.15) is 22.8 Å². The van der Waals surface area contributed by atoms with E-state index in [1.54, 1.807) is 28.4 Å². The molecule has 9 nitrogen and oxygen atoms in total. The summed E-state index contributed by atoms with van der Waals surface area (Å²) in [6.07, 6.45) is 5.66. The van der Waals surface area contributed by atoms with Crippen molar-refractivity contribution in [2.75, 3.05) is 61.2 Å². The van der Waals surface area contributed by atoms with Crippen molar-refractivity contribution in [3.8, 4) is 11.5 Å². The Morgan fingerprint density at radius 3 is 2.17 bits per heavy atom. The molecule has 0 saturated carbocycles. The minimum Gasteiger partial charge on any atom is -0.497 e. The molecule has 3 rings (SSSR count). The number of hydrogen-bond acceptors (Lipinski definition) is 7. The van der Waals surface area contributed by atoms with E-state index >= 15 is 0 Å². The van der Waals surface area contributed by atoms with E-state index in [1.165, 1.54) is 4.90 Å². The topological polar surface area (TPSA) is 80.8 Å². The second-order valence-corrected chi connectivity index (χ2v) is 11.3. The van der Waals surface area contributed by atoms with Crippen LogP contribution in [0.25, 0.3) is 0 Å². The van der Waals surface area contributed by atoms with E-state index < -0.39 is 5.54 Å². The number of hydrogen-bond donors (Lipinski definition) is 0. The number of nitrogens with zero attached hydrogens (tertiary/aromatic N) is 3. The van der Waals surface area contributed by atoms with E-state index in [0.29, 0.717) is 51.4 Å². The number of carbonyl (C=O) groups is 2. The molecular formula is C31H46BrN3O6. The SMILES string of the molecule is C=C.CCCN1C(=O)N(C/C(=C/C(=C\COC)OC)C(C)Br)C(=O)C12CCN(Cc1cc(OC)cc(OC)c1)CC2. The van der Waals surface area contributed by atoms with Crippen LogP contribution in [0.3, 0.4) is 0 Å². The monoisotopic (exact) mass is 635 g/mol. The van der Waals surface area contributed by atoms with E-state index in [4.69, 9.17) is 18.9 Å². The van der Waals surface area contributed by atoms with Gasteiger partial charge in [-0.15, -0.1) is 13.2 Å². The van der Waals surface area contributed by atoms with Gasteiger partial charge in [-0.25, -0.2) is 4.79 Å². The molecular weight excluding hydrogens is 590 g/mol. The van der Waals surface area contributed by atoms with Gasteiger partial charge >= 0.3 is 6.03 Å². The number of piperidine rings is 1. The summed E-state index contributed by atoms with van der Waals surface area (Å²) in [4.78, 5) is 33.2. The van der Waals surface area contributed by atoms with Gasteiger partial charge in [-0.2, -0.15) is 0 Å². The predicted octanol–water partition coefficient (Wildman–Crippen LogP) is 5.40. The third kappa shape index (κ3) is 8.36. The Bertz CT molecular complexity index is 1060. The number of amides is 3. The third-order valence-electron chi connectivity index (χ3n) is 7.44. The van der Waals surface area contributed by atoms with Crippen molar-refractivity contribution in [1.82, 2.24) is 14.7 Å². The molecule has 1 aromatic carbocycles. The molecule has 228 valence electrons. The second-order valence-electron chi connectivity index (χ2n) is 9.96. The summed E-state index contributed by atoms with van der Waals surface area (Å²) >= 11 is 3.64. The number of benzene rings is 1. The zero-order chi connectivity index (χ0) is 30.6. The van der Waals surface area contributed by atoms with Crippen LogP contribution in [-0.2, 0) is 20.8 Å². The Morgan fingerprint density at radius 2 is 1.68 bits per heavy atom. The smallest absolute Gasteiger partial charge is 0.327 e. The molecule has 2 aliphatic rings. The second kappa shape index (κ2) is 16.6. The Balaban J connectivity index is 0.00000287. The summed E-state index contributed by atoms with van der Waals surface area (Å²) in [6.45, 7) is 13.3. The minimum atomic E-state index is -0.813. The number of allylic oxidation sites excluding steroid dienone is 1. The first kappa shape index (κ1) is 34.4. The Kier molecular flexibility index (Phi) is 13.9. The summed E-state index contributed by atoms with van der Waals surface area (Å²) < 4.78 is 21.4. The summed E-state index contributed by atoms with van der Waals surface area (Å²) in [5.74, 6) is 2.01. The van der Waals surface area contributed by atoms with E-state index in [0.717, 1.165) is 29.1 Å². The van der Waals surface area contributed by atoms with E-state index in [1.807, 2.05) is 49.1 Å². The summed E-state index contributed by atoms with van der Waals surface area (Å²) in [6, 6.07) is 5.65. The van der Waals surface area contributed by atoms with Crippen LogP contribution in [-0.4, -0.2) is 98.2 Å². The largest absolute Gasteiger partial charge is 0.497 e. The van der Waals surface area contributed by atoms with E-state index in [9.17, 15) is 9.59 Å². The van der Waals surface area contributed by atoms with Crippen molar-refractivity contribution in [3.05, 3.63) is 60.4 Å². The van der Waals surface area contributed by atoms with Gasteiger partial charge in [-0.1, -0.05) is 22.9 Å². The van der Waals surface area contributed by atoms with E-state index in [-0.39, 0.29) is 23.3 Å². The fourth-order valence-corrected chi connectivity index (χ4v) is 5.53. The normalized spacial score (nSPS) is 18.3. The van der Waals surface area contributed by atoms with E-state index in [2.05, 4.69) is 34.0 Å². The van der Waals surface area contributed by atoms with Crippen molar-refractivity contribution in [2.45, 2.75) is 50.0 Å². The summed E-state index contributed by atoms with van der Waals surface area (Å²) in [5, 5.41) is 0. The molecule has 0 aromatic heterocycles. The lowest BCUT2D eigenvalue weighted by molar-refractivity contribution is -0.135. The molecule has 2 fully saturated rings. The first-order chi connectivity index (χ1) is 19.7. The third-order valence-corrected chi connectivity index (χ3v) is 8.02. The number of halogens is 1. The number of likely N-dealkylation sites (tertiary alicyclic amines) is 1. The highest BCUT2D eigenvalue weighted by molar-refractivity contribution is 9.09. The minimum absolute atomic E-state index is 0.0583. The van der Waals surface area contributed by atoms with Crippen LogP contribution in [0.4, 0.5) is 4.79 Å². The van der Waals surface area contributed by atoms with Crippen molar-refractivity contribution in [1.29, 1.82) is 0 Å². The molecule has 3 amide bonds. The zero-order valence-electron chi connectivity index (χ0n) is 25.4. The summed E-state index contributed by atoms with van der Waals surface area (Å²) in [5.41, 5.74) is 1.14. The van der Waals surface area contributed by atoms with Gasteiger partial charge < -0.3 is 23.8 Å². The predicted molar refractivity (Wildman–Crippen MR) is 166 cm³/mol. The van der Waals surface area contributed by atoms with Crippen LogP contribution in [0.5, 0.6) is 11.5 Å². The lowest BCUT2D eigenvalue weighted by atomic mass is 9.85. The maximum atomic E-state index is 14.0. The van der Waals surface area contributed by atoms with Gasteiger partial charge in [0, 0.05) is 44.2 Å². The molecule has 1 spiro atoms. The number of methoxy groups -OCH3 is 4. The highest BCUT2D eigenvalue weighted by Gasteiger charge is 2.57. The van der Waals surface area contributed by atoms with Crippen molar-refractivity contribution >= 4 is 27.9 Å². The molecule has 0 aliphatic carbocycles. The molecule has 1 unspecified atom stereocenters. The molecule has 10 heteroatoms. The van der Waals surface area contributed by atoms with Crippen molar-refractivity contribution < 1.29 is 28.5 Å². The molecule has 1 atom stereocenters. The van der Waals surface area contributed by atoms with Crippen LogP contribution in [0.2, 0.25) is 0 Å². The quantitative estimate of drug-likeness (QED) is 0.0944. The van der Waals surface area contributed by atoms with Crippen LogP contribution in [0, 0.1) is 0 Å². The lowest BCUT2D eigenvalue weighted by Crippen LogP contribution is -2.56. The molecule has 0 N–H and O–H groups in total. The number of rotatable bonds is 13. The fourth-order valence-electron chi connectivity index (χ4n) is 5.25. The molecule has 2 saturated heterocycles. The van der Waals surface area contributed by atoms with Gasteiger partial charge in [-0.05, 0) is 61.6 Å².